The number of aromatic nitrogens is 1. The highest BCUT2D eigenvalue weighted by Gasteiger charge is 2.36. The van der Waals surface area contributed by atoms with Gasteiger partial charge in [-0.05, 0) is 34.2 Å². The van der Waals surface area contributed by atoms with Gasteiger partial charge >= 0.3 is 12.0 Å². The van der Waals surface area contributed by atoms with Gasteiger partial charge in [-0.3, -0.25) is 14.9 Å². The lowest BCUT2D eigenvalue weighted by Crippen LogP contribution is -2.19. The van der Waals surface area contributed by atoms with Gasteiger partial charge in [-0.25, -0.2) is 4.98 Å². The maximum absolute atomic E-state index is 12.1. The van der Waals surface area contributed by atoms with Crippen LogP contribution >= 0.6 is 34.2 Å². The Morgan fingerprint density at radius 3 is 2.50 bits per heavy atom. The number of nitrogens with zero attached hydrogens (tertiary/aromatic N) is 2. The van der Waals surface area contributed by atoms with Crippen molar-refractivity contribution in [1.82, 2.24) is 4.98 Å². The van der Waals surface area contributed by atoms with E-state index in [1.54, 1.807) is 0 Å². The average Bonchev–Trinajstić information content (AvgIpc) is 2.12. The Morgan fingerprint density at radius 1 is 1.56 bits per heavy atom. The SMILES string of the molecule is O=C(Cl)c1cc(OC(F)(F)F)c([N+](=O)[O-])c(I)n1. The summed E-state index contributed by atoms with van der Waals surface area (Å²) >= 11 is 6.34. The Balaban J connectivity index is 3.43. The van der Waals surface area contributed by atoms with Gasteiger partial charge in [0.15, 0.2) is 3.70 Å². The lowest BCUT2D eigenvalue weighted by molar-refractivity contribution is -0.390. The monoisotopic (exact) mass is 396 g/mol. The van der Waals surface area contributed by atoms with Crippen molar-refractivity contribution in [3.63, 3.8) is 0 Å². The summed E-state index contributed by atoms with van der Waals surface area (Å²) in [5, 5.41) is 9.45. The molecule has 0 unspecified atom stereocenters. The van der Waals surface area contributed by atoms with E-state index in [1.165, 1.54) is 22.6 Å². The fraction of sp³-hybridized carbons (Fsp3) is 0.143. The molecule has 0 spiro atoms. The van der Waals surface area contributed by atoms with Gasteiger partial charge in [0.1, 0.15) is 5.69 Å². The lowest BCUT2D eigenvalue weighted by Gasteiger charge is -2.10. The standard InChI is InChI=1S/C7HClF3IN2O4/c8-5(15)2-1-3(18-7(9,10)11)4(14(16)17)6(12)13-2/h1H. The van der Waals surface area contributed by atoms with E-state index in [-0.39, 0.29) is 0 Å². The molecule has 0 aliphatic carbocycles. The highest BCUT2D eigenvalue weighted by Crippen LogP contribution is 2.35. The summed E-state index contributed by atoms with van der Waals surface area (Å²) in [7, 11) is 0. The van der Waals surface area contributed by atoms with Gasteiger partial charge in [0.2, 0.25) is 5.75 Å². The third-order valence-corrected chi connectivity index (χ3v) is 2.47. The Hall–Kier alpha value is -1.17. The Kier molecular flexibility index (Phi) is 4.32. The quantitative estimate of drug-likeness (QED) is 0.258. The fourth-order valence-corrected chi connectivity index (χ4v) is 1.77. The molecule has 0 fully saturated rings. The molecule has 0 N–H and O–H groups in total. The first-order chi connectivity index (χ1) is 8.11. The minimum Gasteiger partial charge on any atom is -0.398 e. The van der Waals surface area contributed by atoms with E-state index in [1.807, 2.05) is 0 Å². The van der Waals surface area contributed by atoms with Crippen LogP contribution in [-0.4, -0.2) is 21.5 Å². The van der Waals surface area contributed by atoms with Gasteiger partial charge in [-0.15, -0.1) is 13.2 Å². The van der Waals surface area contributed by atoms with Gasteiger partial charge in [0, 0.05) is 6.07 Å². The van der Waals surface area contributed by atoms with Crippen molar-refractivity contribution in [2.45, 2.75) is 6.36 Å². The zero-order valence-electron chi connectivity index (χ0n) is 7.99. The molecule has 0 radical (unpaired) electrons. The van der Waals surface area contributed by atoms with Crippen LogP contribution in [0.5, 0.6) is 5.75 Å². The van der Waals surface area contributed by atoms with Crippen LogP contribution in [-0.2, 0) is 0 Å². The number of alkyl halides is 3. The number of rotatable bonds is 3. The molecule has 0 amide bonds. The third kappa shape index (κ3) is 3.66. The smallest absolute Gasteiger partial charge is 0.398 e. The Labute approximate surface area is 115 Å². The highest BCUT2D eigenvalue weighted by atomic mass is 127. The molecule has 18 heavy (non-hydrogen) atoms. The number of halogens is 5. The first kappa shape index (κ1) is 14.9. The molecular formula is C7HClF3IN2O4. The van der Waals surface area contributed by atoms with Gasteiger partial charge in [-0.1, -0.05) is 0 Å². The third-order valence-electron chi connectivity index (χ3n) is 1.52. The molecule has 1 rings (SSSR count). The molecule has 0 bridgehead atoms. The van der Waals surface area contributed by atoms with Crippen LogP contribution in [0.4, 0.5) is 18.9 Å². The van der Waals surface area contributed by atoms with E-state index in [4.69, 9.17) is 11.6 Å². The number of nitro groups is 1. The molecule has 98 valence electrons. The molecule has 1 aromatic heterocycles. The zero-order valence-corrected chi connectivity index (χ0v) is 10.9. The first-order valence-corrected chi connectivity index (χ1v) is 5.38. The van der Waals surface area contributed by atoms with Crippen LogP contribution in [0.3, 0.4) is 0 Å². The molecule has 0 aromatic carbocycles. The van der Waals surface area contributed by atoms with Crippen LogP contribution in [0.15, 0.2) is 6.07 Å². The molecule has 0 atom stereocenters. The predicted molar refractivity (Wildman–Crippen MR) is 60.5 cm³/mol. The van der Waals surface area contributed by atoms with Gasteiger partial charge in [0.05, 0.1) is 4.92 Å². The molecule has 11 heteroatoms. The summed E-state index contributed by atoms with van der Waals surface area (Å²) in [6.07, 6.45) is -5.14. The topological polar surface area (TPSA) is 82.3 Å². The summed E-state index contributed by atoms with van der Waals surface area (Å²) in [6.45, 7) is 0. The second kappa shape index (κ2) is 5.22. The molecular weight excluding hydrogens is 395 g/mol. The van der Waals surface area contributed by atoms with Crippen molar-refractivity contribution in [2.24, 2.45) is 0 Å². The van der Waals surface area contributed by atoms with Gasteiger partial charge < -0.3 is 4.74 Å². The van der Waals surface area contributed by atoms with E-state index >= 15 is 0 Å². The summed E-state index contributed by atoms with van der Waals surface area (Å²) in [6, 6.07) is 0.461. The second-order valence-electron chi connectivity index (χ2n) is 2.72. The summed E-state index contributed by atoms with van der Waals surface area (Å²) in [5.74, 6) is -1.14. The van der Waals surface area contributed by atoms with E-state index in [9.17, 15) is 28.1 Å². The number of carbonyl (C=O) groups excluding carboxylic acids is 1. The van der Waals surface area contributed by atoms with E-state index in [2.05, 4.69) is 9.72 Å². The predicted octanol–water partition coefficient (Wildman–Crippen LogP) is 2.87. The van der Waals surface area contributed by atoms with Crippen molar-refractivity contribution in [1.29, 1.82) is 0 Å². The summed E-state index contributed by atoms with van der Waals surface area (Å²) < 4.78 is 39.2. The summed E-state index contributed by atoms with van der Waals surface area (Å²) in [5.41, 5.74) is -1.57. The number of pyridine rings is 1. The average molecular weight is 396 g/mol. The normalized spacial score (nSPS) is 11.2. The van der Waals surface area contributed by atoms with E-state index < -0.39 is 37.4 Å². The van der Waals surface area contributed by atoms with Crippen molar-refractivity contribution in [3.8, 4) is 5.75 Å². The van der Waals surface area contributed by atoms with Crippen molar-refractivity contribution < 1.29 is 27.6 Å². The first-order valence-electron chi connectivity index (χ1n) is 3.92. The van der Waals surface area contributed by atoms with Crippen LogP contribution in [0.1, 0.15) is 10.5 Å². The van der Waals surface area contributed by atoms with Gasteiger partial charge in [-0.2, -0.15) is 0 Å². The second-order valence-corrected chi connectivity index (χ2v) is 4.09. The number of ether oxygens (including phenoxy) is 1. The molecule has 6 nitrogen and oxygen atoms in total. The van der Waals surface area contributed by atoms with Crippen LogP contribution in [0.25, 0.3) is 0 Å². The highest BCUT2D eigenvalue weighted by molar-refractivity contribution is 14.1. The molecule has 0 aliphatic heterocycles. The molecule has 1 heterocycles. The molecule has 0 saturated carbocycles. The Morgan fingerprint density at radius 2 is 2.11 bits per heavy atom. The number of carbonyl (C=O) groups is 1. The van der Waals surface area contributed by atoms with Gasteiger partial charge in [0.25, 0.3) is 5.24 Å². The molecule has 0 aliphatic rings. The van der Waals surface area contributed by atoms with Crippen molar-refractivity contribution >= 4 is 45.1 Å². The van der Waals surface area contributed by atoms with Crippen LogP contribution in [0, 0.1) is 13.8 Å². The number of hydrogen-bond acceptors (Lipinski definition) is 5. The van der Waals surface area contributed by atoms with Crippen LogP contribution < -0.4 is 4.74 Å². The van der Waals surface area contributed by atoms with Crippen molar-refractivity contribution in [3.05, 3.63) is 25.6 Å². The zero-order chi connectivity index (χ0) is 14.1. The van der Waals surface area contributed by atoms with E-state index in [0.29, 0.717) is 6.07 Å². The fourth-order valence-electron chi connectivity index (χ4n) is 0.954. The maximum atomic E-state index is 12.1. The van der Waals surface area contributed by atoms with Crippen LogP contribution in [0.2, 0.25) is 0 Å². The lowest BCUT2D eigenvalue weighted by atomic mass is 10.3. The maximum Gasteiger partial charge on any atom is 0.573 e. The Bertz CT molecular complexity index is 522. The summed E-state index contributed by atoms with van der Waals surface area (Å²) in [4.78, 5) is 23.7. The molecule has 0 saturated heterocycles. The minimum absolute atomic E-state index is 0.441. The van der Waals surface area contributed by atoms with E-state index in [0.717, 1.165) is 0 Å². The largest absolute Gasteiger partial charge is 0.573 e. The molecule has 1 aromatic rings. The minimum atomic E-state index is -5.14. The number of hydrogen-bond donors (Lipinski definition) is 0. The van der Waals surface area contributed by atoms with Crippen molar-refractivity contribution in [2.75, 3.05) is 0 Å².